The Kier molecular flexibility index (Phi) is 6.60. The standard InChI is InChI=1S/C19H33N3O4S/c1-17(2,3)14-10-12-15(13-11-14)20-16(21-18(4,5)6)22(19(7,8)9)26-27(23,24)25/h10-13H,1-9H3,(H2,20,21,23,24,25)/p+1. The van der Waals surface area contributed by atoms with Crippen molar-refractivity contribution in [1.29, 1.82) is 0 Å². The lowest BCUT2D eigenvalue weighted by molar-refractivity contribution is -0.795. The minimum Gasteiger partial charge on any atom is -0.270 e. The number of rotatable bonds is 3. The van der Waals surface area contributed by atoms with Crippen molar-refractivity contribution in [3.63, 3.8) is 0 Å². The lowest BCUT2D eigenvalue weighted by Crippen LogP contribution is -2.53. The molecule has 8 heteroatoms. The van der Waals surface area contributed by atoms with Crippen molar-refractivity contribution in [1.82, 2.24) is 5.32 Å². The predicted molar refractivity (Wildman–Crippen MR) is 109 cm³/mol. The summed E-state index contributed by atoms with van der Waals surface area (Å²) in [4.78, 5) is 0. The van der Waals surface area contributed by atoms with Gasteiger partial charge < -0.3 is 0 Å². The van der Waals surface area contributed by atoms with Crippen molar-refractivity contribution in [2.24, 2.45) is 0 Å². The highest BCUT2D eigenvalue weighted by Gasteiger charge is 2.33. The van der Waals surface area contributed by atoms with Crippen molar-refractivity contribution >= 4 is 22.0 Å². The second-order valence-corrected chi connectivity index (χ2v) is 10.6. The van der Waals surface area contributed by atoms with Gasteiger partial charge in [0.2, 0.25) is 0 Å². The van der Waals surface area contributed by atoms with Crippen LogP contribution in [0.3, 0.4) is 0 Å². The molecule has 0 aromatic heterocycles. The lowest BCUT2D eigenvalue weighted by Gasteiger charge is -2.26. The van der Waals surface area contributed by atoms with Crippen molar-refractivity contribution < 1.29 is 22.0 Å². The summed E-state index contributed by atoms with van der Waals surface area (Å²) in [6.45, 7) is 17.5. The quantitative estimate of drug-likeness (QED) is 0.236. The van der Waals surface area contributed by atoms with E-state index in [1.807, 2.05) is 45.0 Å². The van der Waals surface area contributed by atoms with Crippen LogP contribution >= 0.6 is 0 Å². The zero-order chi connectivity index (χ0) is 21.3. The molecule has 1 aromatic carbocycles. The topological polar surface area (TPSA) is 90.7 Å². The number of anilines is 1. The van der Waals surface area contributed by atoms with Crippen LogP contribution < -0.4 is 10.6 Å². The molecule has 0 heterocycles. The van der Waals surface area contributed by atoms with Gasteiger partial charge in [0.25, 0.3) is 0 Å². The summed E-state index contributed by atoms with van der Waals surface area (Å²) in [6.07, 6.45) is 0. The van der Waals surface area contributed by atoms with Gasteiger partial charge in [-0.25, -0.2) is 9.60 Å². The fourth-order valence-corrected chi connectivity index (χ4v) is 2.74. The Morgan fingerprint density at radius 1 is 0.963 bits per heavy atom. The Balaban J connectivity index is 3.42. The molecular formula is C19H34N3O4S+. The van der Waals surface area contributed by atoms with Gasteiger partial charge in [-0.05, 0) is 64.7 Å². The van der Waals surface area contributed by atoms with Crippen molar-refractivity contribution in [3.05, 3.63) is 29.8 Å². The fraction of sp³-hybridized carbons (Fsp3) is 0.632. The molecule has 0 aliphatic heterocycles. The van der Waals surface area contributed by atoms with Gasteiger partial charge in [-0.2, -0.15) is 8.42 Å². The Morgan fingerprint density at radius 2 is 1.44 bits per heavy atom. The van der Waals surface area contributed by atoms with E-state index in [4.69, 9.17) is 4.28 Å². The first-order chi connectivity index (χ1) is 11.9. The van der Waals surface area contributed by atoms with E-state index in [0.717, 1.165) is 10.4 Å². The highest BCUT2D eigenvalue weighted by Crippen LogP contribution is 2.23. The summed E-state index contributed by atoms with van der Waals surface area (Å²) in [7, 11) is -4.70. The van der Waals surface area contributed by atoms with Crippen LogP contribution in [0.4, 0.5) is 5.69 Å². The molecule has 27 heavy (non-hydrogen) atoms. The fourth-order valence-electron chi connectivity index (χ4n) is 2.26. The Labute approximate surface area is 163 Å². The Hall–Kier alpha value is -1.80. The van der Waals surface area contributed by atoms with Crippen LogP contribution in [0.5, 0.6) is 0 Å². The minimum absolute atomic E-state index is 0.0280. The number of guanidine groups is 1. The maximum Gasteiger partial charge on any atom is 0.476 e. The van der Waals surface area contributed by atoms with Crippen molar-refractivity contribution in [2.45, 2.75) is 78.8 Å². The SMILES string of the molecule is CC(C)(C)N/C(Nc1ccc(C(C)(C)C)cc1)=[N+](\OS(=O)(=O)O)C(C)(C)C. The molecule has 0 unspecified atom stereocenters. The summed E-state index contributed by atoms with van der Waals surface area (Å²) in [5.41, 5.74) is 0.810. The number of nitrogens with zero attached hydrogens (tertiary/aromatic N) is 1. The normalized spacial score (nSPS) is 14.4. The van der Waals surface area contributed by atoms with Gasteiger partial charge in [-0.1, -0.05) is 37.6 Å². The van der Waals surface area contributed by atoms with Crippen LogP contribution in [0.15, 0.2) is 24.3 Å². The van der Waals surface area contributed by atoms with E-state index >= 15 is 0 Å². The van der Waals surface area contributed by atoms with Crippen molar-refractivity contribution in [2.75, 3.05) is 5.32 Å². The number of hydroxylamine groups is 1. The Bertz CT molecular complexity index is 778. The first kappa shape index (κ1) is 23.2. The van der Waals surface area contributed by atoms with Crippen LogP contribution in [0.2, 0.25) is 0 Å². The van der Waals surface area contributed by atoms with Gasteiger partial charge in [-0.3, -0.25) is 9.87 Å². The third-order valence-corrected chi connectivity index (χ3v) is 3.83. The van der Waals surface area contributed by atoms with Gasteiger partial charge in [0, 0.05) is 0 Å². The first-order valence-corrected chi connectivity index (χ1v) is 10.2. The molecule has 0 radical (unpaired) electrons. The van der Waals surface area contributed by atoms with Crippen molar-refractivity contribution in [3.8, 4) is 0 Å². The van der Waals surface area contributed by atoms with Crippen LogP contribution in [-0.2, 0) is 20.1 Å². The average molecular weight is 401 g/mol. The molecule has 1 aromatic rings. The maximum atomic E-state index is 11.4. The molecule has 0 saturated carbocycles. The van der Waals surface area contributed by atoms with E-state index in [0.29, 0.717) is 5.96 Å². The number of benzene rings is 1. The zero-order valence-corrected chi connectivity index (χ0v) is 18.7. The molecule has 0 aliphatic rings. The largest absolute Gasteiger partial charge is 0.476 e. The first-order valence-electron chi connectivity index (χ1n) is 8.88. The lowest BCUT2D eigenvalue weighted by atomic mass is 9.87. The molecule has 0 saturated heterocycles. The third kappa shape index (κ3) is 8.17. The summed E-state index contributed by atoms with van der Waals surface area (Å²) in [6, 6.07) is 7.86. The predicted octanol–water partition coefficient (Wildman–Crippen LogP) is 3.69. The molecule has 0 amide bonds. The summed E-state index contributed by atoms with van der Waals surface area (Å²) >= 11 is 0. The van der Waals surface area contributed by atoms with Gasteiger partial charge in [0.05, 0.1) is 11.2 Å². The highest BCUT2D eigenvalue weighted by molar-refractivity contribution is 7.80. The number of nitrogens with one attached hydrogen (secondary N) is 2. The molecular weight excluding hydrogens is 366 g/mol. The molecule has 0 fully saturated rings. The molecule has 0 bridgehead atoms. The molecule has 7 nitrogen and oxygen atoms in total. The van der Waals surface area contributed by atoms with E-state index in [-0.39, 0.29) is 11.0 Å². The van der Waals surface area contributed by atoms with Crippen LogP contribution in [0.25, 0.3) is 0 Å². The maximum absolute atomic E-state index is 11.4. The summed E-state index contributed by atoms with van der Waals surface area (Å²) < 4.78 is 38.0. The highest BCUT2D eigenvalue weighted by atomic mass is 32.3. The van der Waals surface area contributed by atoms with E-state index in [2.05, 4.69) is 31.4 Å². The van der Waals surface area contributed by atoms with Crippen LogP contribution in [0.1, 0.15) is 67.9 Å². The van der Waals surface area contributed by atoms with Gasteiger partial charge in [0.1, 0.15) is 5.54 Å². The van der Waals surface area contributed by atoms with Crippen LogP contribution in [0, 0.1) is 0 Å². The molecule has 0 aliphatic carbocycles. The summed E-state index contributed by atoms with van der Waals surface area (Å²) in [5.74, 6) is 0.302. The number of hydrogen-bond acceptors (Lipinski definition) is 3. The second-order valence-electron chi connectivity index (χ2n) is 9.64. The summed E-state index contributed by atoms with van der Waals surface area (Å²) in [5, 5.41) is 6.38. The molecule has 0 spiro atoms. The van der Waals surface area contributed by atoms with Gasteiger partial charge in [-0.15, -0.1) is 0 Å². The molecule has 0 atom stereocenters. The molecule has 1 rings (SSSR count). The van der Waals surface area contributed by atoms with Gasteiger partial charge in [0.15, 0.2) is 0 Å². The van der Waals surface area contributed by atoms with E-state index < -0.39 is 15.9 Å². The smallest absolute Gasteiger partial charge is 0.270 e. The molecule has 3 N–H and O–H groups in total. The average Bonchev–Trinajstić information content (AvgIpc) is 2.40. The molecule has 154 valence electrons. The number of hydrogen-bond donors (Lipinski definition) is 3. The van der Waals surface area contributed by atoms with E-state index in [9.17, 15) is 13.0 Å². The monoisotopic (exact) mass is 400 g/mol. The van der Waals surface area contributed by atoms with E-state index in [1.54, 1.807) is 20.8 Å². The second kappa shape index (κ2) is 7.67. The van der Waals surface area contributed by atoms with Crippen LogP contribution in [-0.4, -0.2) is 34.7 Å². The Morgan fingerprint density at radius 3 is 1.78 bits per heavy atom. The third-order valence-electron chi connectivity index (χ3n) is 3.49. The van der Waals surface area contributed by atoms with E-state index in [1.165, 1.54) is 5.56 Å². The minimum atomic E-state index is -4.70. The zero-order valence-electron chi connectivity index (χ0n) is 17.8. The van der Waals surface area contributed by atoms with Gasteiger partial charge >= 0.3 is 16.4 Å².